The minimum Gasteiger partial charge on any atom is -0.294 e. The summed E-state index contributed by atoms with van der Waals surface area (Å²) < 4.78 is 36.9. The van der Waals surface area contributed by atoms with Gasteiger partial charge in [-0.15, -0.1) is 0 Å². The Morgan fingerprint density at radius 2 is 1.48 bits per heavy atom. The second-order valence-corrected chi connectivity index (χ2v) is 8.42. The number of halogens is 3. The van der Waals surface area contributed by atoms with Crippen molar-refractivity contribution in [2.24, 2.45) is 5.92 Å². The molecule has 29 heavy (non-hydrogen) atoms. The largest absolute Gasteiger partial charge is 0.450 e. The molecule has 1 fully saturated rings. The molecule has 0 radical (unpaired) electrons. The Balaban J connectivity index is 1.74. The minimum atomic E-state index is -4.95. The molecule has 1 saturated carbocycles. The van der Waals surface area contributed by atoms with Crippen LogP contribution in [0.2, 0.25) is 0 Å². The van der Waals surface area contributed by atoms with E-state index in [1.165, 1.54) is 57.8 Å². The number of hydrogen-bond donors (Lipinski definition) is 0. The lowest BCUT2D eigenvalue weighted by Gasteiger charge is -2.29. The summed E-state index contributed by atoms with van der Waals surface area (Å²) in [6.45, 7) is 2.23. The highest BCUT2D eigenvalue weighted by molar-refractivity contribution is 6.09. The highest BCUT2D eigenvalue weighted by Gasteiger charge is 2.39. The average Bonchev–Trinajstić information content (AvgIpc) is 2.70. The van der Waals surface area contributed by atoms with E-state index < -0.39 is 24.2 Å². The monoisotopic (exact) mass is 410 g/mol. The average molecular weight is 411 g/mol. The highest BCUT2D eigenvalue weighted by Crippen LogP contribution is 2.38. The van der Waals surface area contributed by atoms with E-state index in [0.717, 1.165) is 24.3 Å². The lowest BCUT2D eigenvalue weighted by Crippen LogP contribution is -2.25. The molecule has 1 aromatic carbocycles. The molecule has 0 bridgehead atoms. The molecule has 5 heteroatoms. The smallest absolute Gasteiger partial charge is 0.294 e. The third-order valence-corrected chi connectivity index (χ3v) is 6.15. The van der Waals surface area contributed by atoms with Gasteiger partial charge in [0.25, 0.3) is 0 Å². The number of carbonyl (C=O) groups is 2. The molecule has 162 valence electrons. The van der Waals surface area contributed by atoms with Crippen molar-refractivity contribution in [3.05, 3.63) is 35.4 Å². The van der Waals surface area contributed by atoms with Crippen molar-refractivity contribution in [3.8, 4) is 0 Å². The van der Waals surface area contributed by atoms with Crippen LogP contribution in [0.15, 0.2) is 24.3 Å². The summed E-state index contributed by atoms with van der Waals surface area (Å²) in [5, 5.41) is 0. The molecule has 1 aliphatic carbocycles. The van der Waals surface area contributed by atoms with Gasteiger partial charge >= 0.3 is 6.18 Å². The first-order chi connectivity index (χ1) is 13.8. The standard InChI is InChI=1S/C24H33F3O2/c1-2-3-4-5-6-7-8-18-9-11-19(12-10-18)20-13-15-21(16-14-20)22(28)17-23(29)24(25,26)27/h13-16,18-19H,2-12,17H2,1H3. The van der Waals surface area contributed by atoms with E-state index in [1.54, 1.807) is 12.1 Å². The fraction of sp³-hybridized carbons (Fsp3) is 0.667. The lowest BCUT2D eigenvalue weighted by molar-refractivity contribution is -0.170. The number of benzene rings is 1. The zero-order valence-corrected chi connectivity index (χ0v) is 17.4. The van der Waals surface area contributed by atoms with Crippen molar-refractivity contribution in [2.45, 2.75) is 96.1 Å². The molecule has 2 nitrogen and oxygen atoms in total. The van der Waals surface area contributed by atoms with Gasteiger partial charge in [-0.1, -0.05) is 76.1 Å². The molecular formula is C24H33F3O2. The van der Waals surface area contributed by atoms with Gasteiger partial charge < -0.3 is 0 Å². The molecule has 0 aromatic heterocycles. The van der Waals surface area contributed by atoms with Crippen LogP contribution >= 0.6 is 0 Å². The summed E-state index contributed by atoms with van der Waals surface area (Å²) in [7, 11) is 0. The number of alkyl halides is 3. The summed E-state index contributed by atoms with van der Waals surface area (Å²) in [6.07, 6.45) is 7.93. The Bertz CT molecular complexity index is 641. The van der Waals surface area contributed by atoms with Gasteiger partial charge in [-0.25, -0.2) is 0 Å². The zero-order chi connectivity index (χ0) is 21.3. The van der Waals surface area contributed by atoms with Gasteiger partial charge in [-0.3, -0.25) is 9.59 Å². The van der Waals surface area contributed by atoms with Crippen LogP contribution in [0.4, 0.5) is 13.2 Å². The van der Waals surface area contributed by atoms with Crippen molar-refractivity contribution in [1.82, 2.24) is 0 Å². The van der Waals surface area contributed by atoms with Crippen LogP contribution in [0.1, 0.15) is 106 Å². The van der Waals surface area contributed by atoms with Crippen LogP contribution < -0.4 is 0 Å². The van der Waals surface area contributed by atoms with E-state index in [1.807, 2.05) is 12.1 Å². The molecular weight excluding hydrogens is 377 g/mol. The number of rotatable bonds is 11. The Labute approximate surface area is 172 Å². The van der Waals surface area contributed by atoms with Gasteiger partial charge in [0.05, 0.1) is 6.42 Å². The van der Waals surface area contributed by atoms with Crippen molar-refractivity contribution in [2.75, 3.05) is 0 Å². The molecule has 0 saturated heterocycles. The second-order valence-electron chi connectivity index (χ2n) is 8.42. The molecule has 0 amide bonds. The van der Waals surface area contributed by atoms with Crippen LogP contribution in [0.3, 0.4) is 0 Å². The summed E-state index contributed by atoms with van der Waals surface area (Å²) in [4.78, 5) is 22.9. The maximum absolute atomic E-state index is 12.3. The van der Waals surface area contributed by atoms with Crippen LogP contribution in [0, 0.1) is 5.92 Å². The van der Waals surface area contributed by atoms with E-state index in [9.17, 15) is 22.8 Å². The van der Waals surface area contributed by atoms with Crippen molar-refractivity contribution in [1.29, 1.82) is 0 Å². The molecule has 1 aliphatic rings. The van der Waals surface area contributed by atoms with Gasteiger partial charge in [-0.2, -0.15) is 13.2 Å². The first-order valence-corrected chi connectivity index (χ1v) is 11.0. The molecule has 1 aromatic rings. The highest BCUT2D eigenvalue weighted by atomic mass is 19.4. The third-order valence-electron chi connectivity index (χ3n) is 6.15. The lowest BCUT2D eigenvalue weighted by atomic mass is 9.77. The molecule has 0 unspecified atom stereocenters. The Hall–Kier alpha value is -1.65. The van der Waals surface area contributed by atoms with Gasteiger partial charge in [-0.05, 0) is 43.1 Å². The first kappa shape index (κ1) is 23.6. The van der Waals surface area contributed by atoms with Crippen LogP contribution in [-0.4, -0.2) is 17.7 Å². The van der Waals surface area contributed by atoms with Crippen molar-refractivity contribution < 1.29 is 22.8 Å². The predicted molar refractivity (Wildman–Crippen MR) is 109 cm³/mol. The van der Waals surface area contributed by atoms with Crippen molar-refractivity contribution in [3.63, 3.8) is 0 Å². The topological polar surface area (TPSA) is 34.1 Å². The van der Waals surface area contributed by atoms with Gasteiger partial charge in [0.1, 0.15) is 0 Å². The number of carbonyl (C=O) groups excluding carboxylic acids is 2. The van der Waals surface area contributed by atoms with Gasteiger partial charge in [0.2, 0.25) is 5.78 Å². The molecule has 0 heterocycles. The maximum Gasteiger partial charge on any atom is 0.450 e. The van der Waals surface area contributed by atoms with Crippen LogP contribution in [0.25, 0.3) is 0 Å². The van der Waals surface area contributed by atoms with E-state index in [-0.39, 0.29) is 5.56 Å². The molecule has 2 rings (SSSR count). The quantitative estimate of drug-likeness (QED) is 0.216. The minimum absolute atomic E-state index is 0.170. The van der Waals surface area contributed by atoms with E-state index in [4.69, 9.17) is 0 Å². The van der Waals surface area contributed by atoms with Gasteiger partial charge in [0.15, 0.2) is 5.78 Å². The molecule has 0 spiro atoms. The summed E-state index contributed by atoms with van der Waals surface area (Å²) in [6, 6.07) is 6.79. The van der Waals surface area contributed by atoms with E-state index in [2.05, 4.69) is 6.92 Å². The predicted octanol–water partition coefficient (Wildman–Crippen LogP) is 7.42. The van der Waals surface area contributed by atoms with Crippen LogP contribution in [0.5, 0.6) is 0 Å². The Kier molecular flexibility index (Phi) is 9.38. The summed E-state index contributed by atoms with van der Waals surface area (Å²) in [5.74, 6) is -1.50. The fourth-order valence-corrected chi connectivity index (χ4v) is 4.29. The Morgan fingerprint density at radius 3 is 2.07 bits per heavy atom. The summed E-state index contributed by atoms with van der Waals surface area (Å²) >= 11 is 0. The Morgan fingerprint density at radius 1 is 0.897 bits per heavy atom. The molecule has 0 N–H and O–H groups in total. The first-order valence-electron chi connectivity index (χ1n) is 11.0. The SMILES string of the molecule is CCCCCCCCC1CCC(c2ccc(C(=O)CC(=O)C(F)(F)F)cc2)CC1. The van der Waals surface area contributed by atoms with E-state index in [0.29, 0.717) is 5.92 Å². The number of hydrogen-bond acceptors (Lipinski definition) is 2. The molecule has 0 aliphatic heterocycles. The zero-order valence-electron chi connectivity index (χ0n) is 17.4. The number of ketones is 2. The second kappa shape index (κ2) is 11.5. The summed E-state index contributed by atoms with van der Waals surface area (Å²) in [5.41, 5.74) is 1.31. The van der Waals surface area contributed by atoms with Crippen molar-refractivity contribution >= 4 is 11.6 Å². The number of Topliss-reactive ketones (excluding diaryl/α,β-unsaturated/α-hetero) is 2. The van der Waals surface area contributed by atoms with Crippen LogP contribution in [-0.2, 0) is 4.79 Å². The number of unbranched alkanes of at least 4 members (excludes halogenated alkanes) is 5. The fourth-order valence-electron chi connectivity index (χ4n) is 4.29. The molecule has 0 atom stereocenters. The van der Waals surface area contributed by atoms with E-state index >= 15 is 0 Å². The van der Waals surface area contributed by atoms with Gasteiger partial charge in [0, 0.05) is 5.56 Å². The normalized spacial score (nSPS) is 19.9. The maximum atomic E-state index is 12.3. The third kappa shape index (κ3) is 7.94.